The van der Waals surface area contributed by atoms with Gasteiger partial charge >= 0.3 is 0 Å². The number of hydrogen-bond acceptors (Lipinski definition) is 2. The van der Waals surface area contributed by atoms with Gasteiger partial charge in [0.2, 0.25) is 0 Å². The monoisotopic (exact) mass is 205 g/mol. The fourth-order valence-corrected chi connectivity index (χ4v) is 1.41. The summed E-state index contributed by atoms with van der Waals surface area (Å²) in [6.07, 6.45) is 2.51. The number of benzene rings is 1. The van der Waals surface area contributed by atoms with E-state index >= 15 is 0 Å². The Hall–Kier alpha value is -1.51. The molecule has 1 aromatic rings. The van der Waals surface area contributed by atoms with Crippen LogP contribution in [0.4, 0.5) is 0 Å². The summed E-state index contributed by atoms with van der Waals surface area (Å²) in [6, 6.07) is 5.65. The van der Waals surface area contributed by atoms with Gasteiger partial charge in [-0.2, -0.15) is 0 Å². The highest BCUT2D eigenvalue weighted by Gasteiger charge is 2.25. The van der Waals surface area contributed by atoms with Crippen LogP contribution in [0.5, 0.6) is 5.75 Å². The minimum Gasteiger partial charge on any atom is -0.490 e. The highest BCUT2D eigenvalue weighted by Crippen LogP contribution is 2.29. The van der Waals surface area contributed by atoms with E-state index in [0.29, 0.717) is 17.4 Å². The summed E-state index contributed by atoms with van der Waals surface area (Å²) < 4.78 is 5.70. The number of carbonyl (C=O) groups is 1. The molecular weight excluding hydrogens is 190 g/mol. The van der Waals surface area contributed by atoms with Gasteiger partial charge in [-0.15, -0.1) is 0 Å². The largest absolute Gasteiger partial charge is 0.490 e. The van der Waals surface area contributed by atoms with Crippen molar-refractivity contribution in [3.8, 4) is 5.75 Å². The van der Waals surface area contributed by atoms with Gasteiger partial charge in [-0.1, -0.05) is 6.07 Å². The lowest BCUT2D eigenvalue weighted by Crippen LogP contribution is -2.19. The summed E-state index contributed by atoms with van der Waals surface area (Å²) in [7, 11) is 1.63. The number of aryl methyl sites for hydroxylation is 1. The maximum Gasteiger partial charge on any atom is 0.254 e. The van der Waals surface area contributed by atoms with Crippen LogP contribution in [-0.4, -0.2) is 19.1 Å². The van der Waals surface area contributed by atoms with E-state index in [1.54, 1.807) is 7.05 Å². The van der Waals surface area contributed by atoms with Gasteiger partial charge in [0.1, 0.15) is 5.75 Å². The van der Waals surface area contributed by atoms with Gasteiger partial charge in [0.05, 0.1) is 11.7 Å². The topological polar surface area (TPSA) is 38.3 Å². The highest BCUT2D eigenvalue weighted by atomic mass is 16.5. The second-order valence-corrected chi connectivity index (χ2v) is 3.90. The van der Waals surface area contributed by atoms with Crippen molar-refractivity contribution in [3.05, 3.63) is 29.3 Å². The molecule has 1 aromatic carbocycles. The smallest absolute Gasteiger partial charge is 0.254 e. The van der Waals surface area contributed by atoms with Gasteiger partial charge in [0.15, 0.2) is 0 Å². The quantitative estimate of drug-likeness (QED) is 0.818. The molecule has 1 aliphatic carbocycles. The van der Waals surface area contributed by atoms with E-state index in [4.69, 9.17) is 4.74 Å². The van der Waals surface area contributed by atoms with Crippen molar-refractivity contribution in [2.24, 2.45) is 0 Å². The Morgan fingerprint density at radius 1 is 1.47 bits per heavy atom. The number of hydrogen-bond donors (Lipinski definition) is 1. The van der Waals surface area contributed by atoms with Gasteiger partial charge in [-0.3, -0.25) is 4.79 Å². The summed E-state index contributed by atoms with van der Waals surface area (Å²) in [5.41, 5.74) is 1.73. The Morgan fingerprint density at radius 3 is 2.80 bits per heavy atom. The number of rotatable bonds is 3. The summed E-state index contributed by atoms with van der Waals surface area (Å²) in [5.74, 6) is 0.613. The summed E-state index contributed by atoms with van der Waals surface area (Å²) in [4.78, 5) is 11.6. The molecule has 0 saturated heterocycles. The summed E-state index contributed by atoms with van der Waals surface area (Å²) in [5, 5.41) is 2.62. The minimum atomic E-state index is -0.0920. The second-order valence-electron chi connectivity index (χ2n) is 3.90. The minimum absolute atomic E-state index is 0.0920. The van der Waals surface area contributed by atoms with Crippen LogP contribution in [0.3, 0.4) is 0 Å². The molecule has 0 atom stereocenters. The molecule has 15 heavy (non-hydrogen) atoms. The average molecular weight is 205 g/mol. The lowest BCUT2D eigenvalue weighted by atomic mass is 10.1. The molecule has 0 spiro atoms. The molecule has 1 amide bonds. The number of carbonyl (C=O) groups excluding carboxylic acids is 1. The lowest BCUT2D eigenvalue weighted by molar-refractivity contribution is 0.0958. The van der Waals surface area contributed by atoms with Crippen molar-refractivity contribution in [2.75, 3.05) is 7.05 Å². The highest BCUT2D eigenvalue weighted by molar-refractivity contribution is 5.96. The number of amides is 1. The molecule has 0 radical (unpaired) electrons. The van der Waals surface area contributed by atoms with Crippen molar-refractivity contribution >= 4 is 5.91 Å². The molecule has 80 valence electrons. The van der Waals surface area contributed by atoms with E-state index in [9.17, 15) is 4.79 Å². The third kappa shape index (κ3) is 2.29. The van der Waals surface area contributed by atoms with Crippen LogP contribution in [0.25, 0.3) is 0 Å². The number of nitrogens with one attached hydrogen (secondary N) is 1. The zero-order chi connectivity index (χ0) is 10.8. The van der Waals surface area contributed by atoms with Crippen LogP contribution in [0.15, 0.2) is 18.2 Å². The average Bonchev–Trinajstić information content (AvgIpc) is 3.01. The van der Waals surface area contributed by atoms with E-state index < -0.39 is 0 Å². The molecule has 2 rings (SSSR count). The van der Waals surface area contributed by atoms with Crippen LogP contribution >= 0.6 is 0 Å². The molecule has 1 saturated carbocycles. The maximum atomic E-state index is 11.6. The molecule has 0 bridgehead atoms. The zero-order valence-corrected chi connectivity index (χ0v) is 9.04. The van der Waals surface area contributed by atoms with Crippen molar-refractivity contribution in [2.45, 2.75) is 25.9 Å². The Morgan fingerprint density at radius 2 is 2.20 bits per heavy atom. The van der Waals surface area contributed by atoms with E-state index in [0.717, 1.165) is 18.4 Å². The van der Waals surface area contributed by atoms with Crippen LogP contribution < -0.4 is 10.1 Å². The van der Waals surface area contributed by atoms with Gasteiger partial charge in [-0.05, 0) is 37.5 Å². The van der Waals surface area contributed by atoms with E-state index in [1.165, 1.54) is 0 Å². The van der Waals surface area contributed by atoms with Crippen LogP contribution in [0.1, 0.15) is 28.8 Å². The first-order chi connectivity index (χ1) is 7.20. The van der Waals surface area contributed by atoms with Gasteiger partial charge in [0.25, 0.3) is 5.91 Å². The molecular formula is C12H15NO2. The van der Waals surface area contributed by atoms with Crippen molar-refractivity contribution in [1.82, 2.24) is 5.32 Å². The molecule has 3 nitrogen and oxygen atoms in total. The maximum absolute atomic E-state index is 11.6. The Balaban J connectivity index is 2.29. The first-order valence-electron chi connectivity index (χ1n) is 5.20. The van der Waals surface area contributed by atoms with E-state index in [1.807, 2.05) is 25.1 Å². The Bertz CT molecular complexity index is 383. The van der Waals surface area contributed by atoms with Crippen LogP contribution in [-0.2, 0) is 0 Å². The first kappa shape index (κ1) is 10.0. The molecule has 0 heterocycles. The van der Waals surface area contributed by atoms with Crippen LogP contribution in [0.2, 0.25) is 0 Å². The standard InChI is InChI=1S/C12H15NO2/c1-8-3-6-10(12(14)13-2)11(7-8)15-9-4-5-9/h3,6-7,9H,4-5H2,1-2H3,(H,13,14). The Kier molecular flexibility index (Phi) is 2.62. The van der Waals surface area contributed by atoms with Gasteiger partial charge in [-0.25, -0.2) is 0 Å². The molecule has 1 N–H and O–H groups in total. The predicted octanol–water partition coefficient (Wildman–Crippen LogP) is 1.90. The Labute approximate surface area is 89.4 Å². The fraction of sp³-hybridized carbons (Fsp3) is 0.417. The van der Waals surface area contributed by atoms with Gasteiger partial charge in [0, 0.05) is 7.05 Å². The number of ether oxygens (including phenoxy) is 1. The lowest BCUT2D eigenvalue weighted by Gasteiger charge is -2.10. The van der Waals surface area contributed by atoms with Crippen molar-refractivity contribution < 1.29 is 9.53 Å². The zero-order valence-electron chi connectivity index (χ0n) is 9.04. The summed E-state index contributed by atoms with van der Waals surface area (Å²) >= 11 is 0. The van der Waals surface area contributed by atoms with E-state index in [2.05, 4.69) is 5.32 Å². The summed E-state index contributed by atoms with van der Waals surface area (Å²) in [6.45, 7) is 1.99. The molecule has 0 unspecified atom stereocenters. The predicted molar refractivity (Wildman–Crippen MR) is 58.2 cm³/mol. The first-order valence-corrected chi connectivity index (χ1v) is 5.20. The van der Waals surface area contributed by atoms with Crippen molar-refractivity contribution in [3.63, 3.8) is 0 Å². The third-order valence-corrected chi connectivity index (χ3v) is 2.43. The van der Waals surface area contributed by atoms with Crippen LogP contribution in [0, 0.1) is 6.92 Å². The fourth-order valence-electron chi connectivity index (χ4n) is 1.41. The molecule has 0 aliphatic heterocycles. The molecule has 0 aromatic heterocycles. The van der Waals surface area contributed by atoms with Crippen molar-refractivity contribution in [1.29, 1.82) is 0 Å². The molecule has 3 heteroatoms. The van der Waals surface area contributed by atoms with Gasteiger partial charge < -0.3 is 10.1 Å². The van der Waals surface area contributed by atoms with E-state index in [-0.39, 0.29) is 5.91 Å². The SMILES string of the molecule is CNC(=O)c1ccc(C)cc1OC1CC1. The molecule has 1 fully saturated rings. The normalized spacial score (nSPS) is 14.8. The molecule has 1 aliphatic rings. The third-order valence-electron chi connectivity index (χ3n) is 2.43. The second kappa shape index (κ2) is 3.93.